The molecule has 0 saturated heterocycles. The van der Waals surface area contributed by atoms with Gasteiger partial charge in [0.15, 0.2) is 0 Å². The van der Waals surface area contributed by atoms with Gasteiger partial charge < -0.3 is 5.73 Å². The third-order valence-electron chi connectivity index (χ3n) is 4.88. The molecule has 0 aromatic heterocycles. The minimum Gasteiger partial charge on any atom is -0.399 e. The summed E-state index contributed by atoms with van der Waals surface area (Å²) in [5.74, 6) is 0. The Kier molecular flexibility index (Phi) is 5.96. The van der Waals surface area contributed by atoms with Crippen LogP contribution in [0.15, 0.2) is 91.5 Å². The fourth-order valence-electron chi connectivity index (χ4n) is 3.06. The molecule has 0 unspecified atom stereocenters. The third-order valence-corrected chi connectivity index (χ3v) is 4.88. The molecule has 0 radical (unpaired) electrons. The predicted molar refractivity (Wildman–Crippen MR) is 124 cm³/mol. The Hall–Kier alpha value is -3.32. The van der Waals surface area contributed by atoms with E-state index in [0.29, 0.717) is 0 Å². The van der Waals surface area contributed by atoms with Gasteiger partial charge >= 0.3 is 0 Å². The second-order valence-corrected chi connectivity index (χ2v) is 7.31. The van der Waals surface area contributed by atoms with Crippen LogP contribution in [0.2, 0.25) is 0 Å². The van der Waals surface area contributed by atoms with Crippen LogP contribution in [0.25, 0.3) is 16.7 Å². The molecule has 3 rings (SSSR count). The third kappa shape index (κ3) is 4.89. The van der Waals surface area contributed by atoms with Crippen LogP contribution in [0.5, 0.6) is 0 Å². The van der Waals surface area contributed by atoms with Crippen molar-refractivity contribution in [3.63, 3.8) is 0 Å². The van der Waals surface area contributed by atoms with E-state index in [1.165, 1.54) is 27.8 Å². The predicted octanol–water partition coefficient (Wildman–Crippen LogP) is 7.09. The number of anilines is 1. The van der Waals surface area contributed by atoms with Crippen LogP contribution in [0, 0.1) is 13.8 Å². The fourth-order valence-corrected chi connectivity index (χ4v) is 3.06. The van der Waals surface area contributed by atoms with Crippen molar-refractivity contribution >= 4 is 22.4 Å². The fraction of sp³-hybridized carbons (Fsp3) is 0.111. The number of hydrogen-bond donors (Lipinski definition) is 1. The molecule has 0 aliphatic carbocycles. The van der Waals surface area contributed by atoms with Crippen LogP contribution in [0.3, 0.4) is 0 Å². The van der Waals surface area contributed by atoms with E-state index >= 15 is 0 Å². The molecule has 3 aromatic carbocycles. The van der Waals surface area contributed by atoms with Crippen LogP contribution < -0.4 is 5.73 Å². The molecule has 0 aliphatic rings. The Labute approximate surface area is 168 Å². The van der Waals surface area contributed by atoms with Gasteiger partial charge in [-0.1, -0.05) is 84.4 Å². The number of nitrogens with two attached hydrogens (primary N) is 1. The summed E-state index contributed by atoms with van der Waals surface area (Å²) in [4.78, 5) is 0. The number of aryl methyl sites for hydroxylation is 2. The Morgan fingerprint density at radius 1 is 0.679 bits per heavy atom. The second kappa shape index (κ2) is 8.58. The Balaban J connectivity index is 2.02. The normalized spacial score (nSPS) is 12.1. The van der Waals surface area contributed by atoms with Gasteiger partial charge in [-0.05, 0) is 72.4 Å². The molecule has 140 valence electrons. The number of benzene rings is 3. The van der Waals surface area contributed by atoms with Crippen LogP contribution in [0.1, 0.15) is 34.7 Å². The first-order valence-electron chi connectivity index (χ1n) is 9.51. The minimum absolute atomic E-state index is 0.759. The number of nitrogen functional groups attached to an aromatic ring is 1. The van der Waals surface area contributed by atoms with E-state index in [2.05, 4.69) is 88.0 Å². The molecule has 0 heterocycles. The zero-order valence-corrected chi connectivity index (χ0v) is 16.9. The van der Waals surface area contributed by atoms with E-state index in [4.69, 9.17) is 5.73 Å². The molecule has 28 heavy (non-hydrogen) atoms. The van der Waals surface area contributed by atoms with Crippen molar-refractivity contribution in [3.8, 4) is 0 Å². The lowest BCUT2D eigenvalue weighted by atomic mass is 9.95. The summed E-state index contributed by atoms with van der Waals surface area (Å²) >= 11 is 0. The maximum atomic E-state index is 5.82. The molecule has 0 bridgehead atoms. The van der Waals surface area contributed by atoms with Crippen molar-refractivity contribution in [1.82, 2.24) is 0 Å². The SMILES string of the molecule is C=C(/C=C(\C=C(/C)c1ccc(C)cc1)c1ccc(C)cc1)c1ccc(N)cc1. The zero-order chi connectivity index (χ0) is 20.1. The van der Waals surface area contributed by atoms with E-state index in [1.54, 1.807) is 0 Å². The molecule has 1 heteroatoms. The van der Waals surface area contributed by atoms with Crippen LogP contribution in [0.4, 0.5) is 5.69 Å². The lowest BCUT2D eigenvalue weighted by Crippen LogP contribution is -1.88. The lowest BCUT2D eigenvalue weighted by Gasteiger charge is -2.10. The molecular weight excluding hydrogens is 338 g/mol. The van der Waals surface area contributed by atoms with Crippen molar-refractivity contribution in [3.05, 3.63) is 119 Å². The monoisotopic (exact) mass is 365 g/mol. The van der Waals surface area contributed by atoms with E-state index in [1.807, 2.05) is 24.3 Å². The molecule has 1 nitrogen and oxygen atoms in total. The summed E-state index contributed by atoms with van der Waals surface area (Å²) in [5, 5.41) is 0. The summed E-state index contributed by atoms with van der Waals surface area (Å²) in [6, 6.07) is 25.1. The summed E-state index contributed by atoms with van der Waals surface area (Å²) in [5.41, 5.74) is 15.9. The van der Waals surface area contributed by atoms with Crippen molar-refractivity contribution in [2.75, 3.05) is 5.73 Å². The molecule has 0 fully saturated rings. The highest BCUT2D eigenvalue weighted by Gasteiger charge is 2.04. The highest BCUT2D eigenvalue weighted by Crippen LogP contribution is 2.27. The van der Waals surface area contributed by atoms with Gasteiger partial charge in [0.05, 0.1) is 0 Å². The topological polar surface area (TPSA) is 26.0 Å². The van der Waals surface area contributed by atoms with Gasteiger partial charge in [-0.15, -0.1) is 0 Å². The van der Waals surface area contributed by atoms with Gasteiger partial charge in [-0.2, -0.15) is 0 Å². The van der Waals surface area contributed by atoms with E-state index < -0.39 is 0 Å². The van der Waals surface area contributed by atoms with Crippen LogP contribution in [-0.4, -0.2) is 0 Å². The zero-order valence-electron chi connectivity index (χ0n) is 16.9. The molecule has 0 spiro atoms. The molecule has 2 N–H and O–H groups in total. The van der Waals surface area contributed by atoms with Gasteiger partial charge in [-0.3, -0.25) is 0 Å². The lowest BCUT2D eigenvalue weighted by molar-refractivity contribution is 1.44. The Morgan fingerprint density at radius 2 is 1.14 bits per heavy atom. The quantitative estimate of drug-likeness (QED) is 0.379. The maximum Gasteiger partial charge on any atom is 0.0314 e. The average molecular weight is 366 g/mol. The Morgan fingerprint density at radius 3 is 1.68 bits per heavy atom. The first-order valence-corrected chi connectivity index (χ1v) is 9.51. The van der Waals surface area contributed by atoms with Crippen molar-refractivity contribution in [2.24, 2.45) is 0 Å². The molecule has 3 aromatic rings. The van der Waals surface area contributed by atoms with E-state index in [0.717, 1.165) is 22.4 Å². The van der Waals surface area contributed by atoms with E-state index in [9.17, 15) is 0 Å². The average Bonchev–Trinajstić information content (AvgIpc) is 2.69. The number of rotatable bonds is 5. The highest BCUT2D eigenvalue weighted by molar-refractivity contribution is 5.90. The minimum atomic E-state index is 0.759. The summed E-state index contributed by atoms with van der Waals surface area (Å²) in [6.45, 7) is 10.6. The summed E-state index contributed by atoms with van der Waals surface area (Å²) in [6.07, 6.45) is 4.38. The molecule has 0 atom stereocenters. The summed E-state index contributed by atoms with van der Waals surface area (Å²) in [7, 11) is 0. The van der Waals surface area contributed by atoms with Gasteiger partial charge in [0, 0.05) is 5.69 Å². The largest absolute Gasteiger partial charge is 0.399 e. The first-order chi connectivity index (χ1) is 13.4. The molecular formula is C27H27N. The molecule has 0 amide bonds. The first kappa shape index (κ1) is 19.4. The van der Waals surface area contributed by atoms with Crippen LogP contribution >= 0.6 is 0 Å². The highest BCUT2D eigenvalue weighted by atomic mass is 14.5. The summed E-state index contributed by atoms with van der Waals surface area (Å²) < 4.78 is 0. The smallest absolute Gasteiger partial charge is 0.0314 e. The van der Waals surface area contributed by atoms with Gasteiger partial charge in [0.25, 0.3) is 0 Å². The van der Waals surface area contributed by atoms with Crippen LogP contribution in [-0.2, 0) is 0 Å². The van der Waals surface area contributed by atoms with E-state index in [-0.39, 0.29) is 0 Å². The molecule has 0 saturated carbocycles. The standard InChI is InChI=1S/C27H27N/c1-19-5-9-23(10-6-19)21(3)17-26(25-11-7-20(2)8-12-25)18-22(4)24-13-15-27(28)16-14-24/h5-18H,4,28H2,1-3H3/b21-17+,26-18+. The van der Waals surface area contributed by atoms with Gasteiger partial charge in [-0.25, -0.2) is 0 Å². The van der Waals surface area contributed by atoms with Gasteiger partial charge in [0.2, 0.25) is 0 Å². The second-order valence-electron chi connectivity index (χ2n) is 7.31. The van der Waals surface area contributed by atoms with Crippen molar-refractivity contribution in [2.45, 2.75) is 20.8 Å². The van der Waals surface area contributed by atoms with Crippen molar-refractivity contribution in [1.29, 1.82) is 0 Å². The maximum absolute atomic E-state index is 5.82. The van der Waals surface area contributed by atoms with Gasteiger partial charge in [0.1, 0.15) is 0 Å². The molecule has 0 aliphatic heterocycles. The number of allylic oxidation sites excluding steroid dienone is 5. The Bertz CT molecular complexity index is 1020. The number of hydrogen-bond acceptors (Lipinski definition) is 1. The van der Waals surface area contributed by atoms with Crippen molar-refractivity contribution < 1.29 is 0 Å².